The molecule has 0 aromatic heterocycles. The van der Waals surface area contributed by atoms with Crippen molar-refractivity contribution in [3.8, 4) is 11.5 Å². The maximum absolute atomic E-state index is 13.1. The maximum atomic E-state index is 13.1. The van der Waals surface area contributed by atoms with Gasteiger partial charge in [-0.15, -0.1) is 0 Å². The smallest absolute Gasteiger partial charge is 0.416 e. The van der Waals surface area contributed by atoms with Crippen molar-refractivity contribution in [1.29, 1.82) is 0 Å². The number of carbonyl (C=O) groups is 1. The van der Waals surface area contributed by atoms with E-state index in [0.717, 1.165) is 29.0 Å². The summed E-state index contributed by atoms with van der Waals surface area (Å²) in [6.45, 7) is 3.93. The number of thioether (sulfide) groups is 1. The molecule has 0 radical (unpaired) electrons. The summed E-state index contributed by atoms with van der Waals surface area (Å²) in [6.07, 6.45) is -3.08. The minimum Gasteiger partial charge on any atom is -0.449 e. The van der Waals surface area contributed by atoms with Gasteiger partial charge >= 0.3 is 11.9 Å². The van der Waals surface area contributed by atoms with Gasteiger partial charge in [-0.25, -0.2) is 0 Å². The predicted octanol–water partition coefficient (Wildman–Crippen LogP) is 8.19. The van der Waals surface area contributed by atoms with E-state index in [1.165, 1.54) is 11.0 Å². The quantitative estimate of drug-likeness (QED) is 0.126. The van der Waals surface area contributed by atoms with E-state index in [9.17, 15) is 28.1 Å². The minimum absolute atomic E-state index is 0.141. The summed E-state index contributed by atoms with van der Waals surface area (Å²) >= 11 is 9.90. The van der Waals surface area contributed by atoms with Crippen LogP contribution >= 0.6 is 39.9 Å². The lowest BCUT2D eigenvalue weighted by atomic mass is 10.1. The summed E-state index contributed by atoms with van der Waals surface area (Å²) in [7, 11) is 0. The summed E-state index contributed by atoms with van der Waals surface area (Å²) in [5, 5.41) is 11.3. The molecule has 1 heterocycles. The van der Waals surface area contributed by atoms with Crippen molar-refractivity contribution in [1.82, 2.24) is 0 Å². The Bertz CT molecular complexity index is 1490. The number of ether oxygens (including phenoxy) is 1. The topological polar surface area (TPSA) is 72.7 Å². The Kier molecular flexibility index (Phi) is 7.45. The molecule has 37 heavy (non-hydrogen) atoms. The van der Waals surface area contributed by atoms with Gasteiger partial charge in [0.1, 0.15) is 5.75 Å². The monoisotopic (exact) mass is 608 g/mol. The number of amides is 1. The number of hydrogen-bond donors (Lipinski definition) is 0. The van der Waals surface area contributed by atoms with E-state index in [1.54, 1.807) is 18.2 Å². The normalized spacial score (nSPS) is 15.0. The Labute approximate surface area is 227 Å². The third-order valence-corrected chi connectivity index (χ3v) is 7.42. The number of aryl methyl sites for hydroxylation is 2. The van der Waals surface area contributed by atoms with Crippen molar-refractivity contribution in [3.05, 3.63) is 96.3 Å². The molecule has 1 fully saturated rings. The number of carbonyl (C=O) groups excluding carboxylic acids is 1. The van der Waals surface area contributed by atoms with Crippen LogP contribution in [0.4, 0.5) is 24.5 Å². The molecule has 0 atom stereocenters. The minimum atomic E-state index is -4.73. The molecule has 0 aliphatic carbocycles. The van der Waals surface area contributed by atoms with Gasteiger partial charge in [-0.1, -0.05) is 36.1 Å². The van der Waals surface area contributed by atoms with Gasteiger partial charge in [0.2, 0.25) is 5.75 Å². The fourth-order valence-corrected chi connectivity index (χ4v) is 5.21. The van der Waals surface area contributed by atoms with E-state index in [-0.39, 0.29) is 17.4 Å². The van der Waals surface area contributed by atoms with Crippen molar-refractivity contribution in [2.75, 3.05) is 4.90 Å². The highest BCUT2D eigenvalue weighted by atomic mass is 79.9. The SMILES string of the molecule is Cc1ccc(N2C(=O)/C(=C\c3ccc(Oc4ccc(C(F)(F)F)cc4[N+](=O)[O-])c(Br)c3)SC2=S)cc1C. The molecule has 0 spiro atoms. The fourth-order valence-electron chi connectivity index (χ4n) is 3.44. The molecule has 0 bridgehead atoms. The number of thiocarbonyl (C=S) groups is 1. The molecule has 3 aromatic carbocycles. The maximum Gasteiger partial charge on any atom is 0.416 e. The molecular formula is C25H16BrF3N2O4S2. The van der Waals surface area contributed by atoms with Crippen LogP contribution in [0.2, 0.25) is 0 Å². The van der Waals surface area contributed by atoms with E-state index < -0.39 is 22.4 Å². The zero-order valence-corrected chi connectivity index (χ0v) is 22.3. The number of hydrogen-bond acceptors (Lipinski definition) is 6. The van der Waals surface area contributed by atoms with Crippen molar-refractivity contribution >= 4 is 67.6 Å². The summed E-state index contributed by atoms with van der Waals surface area (Å²) in [6, 6.07) is 12.4. The zero-order chi connectivity index (χ0) is 27.1. The van der Waals surface area contributed by atoms with Crippen LogP contribution in [0.1, 0.15) is 22.3 Å². The lowest BCUT2D eigenvalue weighted by Crippen LogP contribution is -2.27. The lowest BCUT2D eigenvalue weighted by molar-refractivity contribution is -0.385. The first-order valence-corrected chi connectivity index (χ1v) is 12.5. The first-order valence-electron chi connectivity index (χ1n) is 10.5. The van der Waals surface area contributed by atoms with Crippen LogP contribution in [-0.4, -0.2) is 15.2 Å². The van der Waals surface area contributed by atoms with E-state index in [4.69, 9.17) is 17.0 Å². The summed E-state index contributed by atoms with van der Waals surface area (Å²) in [4.78, 5) is 25.3. The van der Waals surface area contributed by atoms with E-state index in [0.29, 0.717) is 37.1 Å². The van der Waals surface area contributed by atoms with Crippen molar-refractivity contribution < 1.29 is 27.6 Å². The second-order valence-corrected chi connectivity index (χ2v) is 10.5. The van der Waals surface area contributed by atoms with Gasteiger partial charge in [-0.3, -0.25) is 19.8 Å². The van der Waals surface area contributed by atoms with Gasteiger partial charge < -0.3 is 4.74 Å². The lowest BCUT2D eigenvalue weighted by Gasteiger charge is -2.16. The van der Waals surface area contributed by atoms with Crippen LogP contribution in [0.25, 0.3) is 6.08 Å². The van der Waals surface area contributed by atoms with Crippen LogP contribution in [0, 0.1) is 24.0 Å². The molecule has 1 saturated heterocycles. The van der Waals surface area contributed by atoms with Crippen LogP contribution < -0.4 is 9.64 Å². The second-order valence-electron chi connectivity index (χ2n) is 8.01. The molecule has 0 unspecified atom stereocenters. The van der Waals surface area contributed by atoms with Crippen molar-refractivity contribution in [2.24, 2.45) is 0 Å². The summed E-state index contributed by atoms with van der Waals surface area (Å²) in [5.74, 6) is -0.474. The standard InChI is InChI=1S/C25H16BrF3N2O4S2/c1-13-3-6-17(9-14(13)2)30-23(32)22(37-24(30)36)11-15-4-7-20(18(26)10-15)35-21-8-5-16(25(27,28)29)12-19(21)31(33)34/h3-12H,1-2H3/b22-11+. The molecule has 0 N–H and O–H groups in total. The average Bonchev–Trinajstić information content (AvgIpc) is 3.09. The molecular weight excluding hydrogens is 593 g/mol. The van der Waals surface area contributed by atoms with Crippen LogP contribution in [0.5, 0.6) is 11.5 Å². The molecule has 1 amide bonds. The summed E-state index contributed by atoms with van der Waals surface area (Å²) in [5.41, 5.74) is 1.44. The Morgan fingerprint density at radius 2 is 1.76 bits per heavy atom. The molecule has 3 aromatic rings. The average molecular weight is 609 g/mol. The Hall–Kier alpha value is -3.22. The Balaban J connectivity index is 1.58. The van der Waals surface area contributed by atoms with Gasteiger partial charge in [-0.2, -0.15) is 13.2 Å². The van der Waals surface area contributed by atoms with Crippen LogP contribution in [0.15, 0.2) is 64.0 Å². The number of nitro groups is 1. The van der Waals surface area contributed by atoms with Gasteiger partial charge in [-0.05, 0) is 88.9 Å². The number of anilines is 1. The number of nitro benzene ring substituents is 1. The number of benzene rings is 3. The third-order valence-electron chi connectivity index (χ3n) is 5.50. The fraction of sp³-hybridized carbons (Fsp3) is 0.120. The third kappa shape index (κ3) is 5.71. The highest BCUT2D eigenvalue weighted by molar-refractivity contribution is 9.10. The molecule has 6 nitrogen and oxygen atoms in total. The van der Waals surface area contributed by atoms with Crippen molar-refractivity contribution in [3.63, 3.8) is 0 Å². The molecule has 190 valence electrons. The zero-order valence-electron chi connectivity index (χ0n) is 19.1. The second kappa shape index (κ2) is 10.3. The Morgan fingerprint density at radius 1 is 1.05 bits per heavy atom. The first-order chi connectivity index (χ1) is 17.3. The molecule has 12 heteroatoms. The molecule has 0 saturated carbocycles. The molecule has 1 aliphatic heterocycles. The van der Waals surface area contributed by atoms with Crippen molar-refractivity contribution in [2.45, 2.75) is 20.0 Å². The van der Waals surface area contributed by atoms with Gasteiger partial charge in [0.25, 0.3) is 5.91 Å². The number of halogens is 4. The van der Waals surface area contributed by atoms with Crippen LogP contribution in [0.3, 0.4) is 0 Å². The highest BCUT2D eigenvalue weighted by Crippen LogP contribution is 2.41. The molecule has 1 aliphatic rings. The predicted molar refractivity (Wildman–Crippen MR) is 144 cm³/mol. The van der Waals surface area contributed by atoms with Gasteiger partial charge in [0.15, 0.2) is 4.32 Å². The van der Waals surface area contributed by atoms with Gasteiger partial charge in [0, 0.05) is 6.07 Å². The van der Waals surface area contributed by atoms with Gasteiger partial charge in [0.05, 0.1) is 25.6 Å². The highest BCUT2D eigenvalue weighted by Gasteiger charge is 2.34. The number of rotatable bonds is 5. The summed E-state index contributed by atoms with van der Waals surface area (Å²) < 4.78 is 45.2. The van der Waals surface area contributed by atoms with Crippen LogP contribution in [-0.2, 0) is 11.0 Å². The van der Waals surface area contributed by atoms with E-state index in [2.05, 4.69) is 15.9 Å². The van der Waals surface area contributed by atoms with E-state index in [1.807, 2.05) is 32.0 Å². The van der Waals surface area contributed by atoms with E-state index >= 15 is 0 Å². The molecule has 4 rings (SSSR count). The largest absolute Gasteiger partial charge is 0.449 e. The number of nitrogens with zero attached hydrogens (tertiary/aromatic N) is 2. The Morgan fingerprint density at radius 3 is 2.38 bits per heavy atom. The first kappa shape index (κ1) is 26.8. The number of alkyl halides is 3.